The summed E-state index contributed by atoms with van der Waals surface area (Å²) < 4.78 is 0. The van der Waals surface area contributed by atoms with Gasteiger partial charge < -0.3 is 4.79 Å². The van der Waals surface area contributed by atoms with Crippen LogP contribution < -0.4 is 0 Å². The molecule has 0 aliphatic carbocycles. The van der Waals surface area contributed by atoms with E-state index < -0.39 is 0 Å². The summed E-state index contributed by atoms with van der Waals surface area (Å²) >= 11 is 0. The normalized spacial score (nSPS) is 11.2. The predicted molar refractivity (Wildman–Crippen MR) is 120 cm³/mol. The van der Waals surface area contributed by atoms with Crippen molar-refractivity contribution in [1.29, 1.82) is 0 Å². The second kappa shape index (κ2) is 29.3. The first kappa shape index (κ1) is 27.8. The second-order valence-corrected chi connectivity index (χ2v) is 6.85. The van der Waals surface area contributed by atoms with Crippen LogP contribution in [0.3, 0.4) is 0 Å². The molecule has 0 unspecified atom stereocenters. The fraction of sp³-hybridized carbons (Fsp3) is 0.680. The third-order valence-corrected chi connectivity index (χ3v) is 4.20. The molecule has 0 rings (SSSR count). The third kappa shape index (κ3) is 32.7. The monoisotopic (exact) mass is 376 g/mol. The van der Waals surface area contributed by atoms with Crippen molar-refractivity contribution in [1.82, 2.24) is 0 Å². The largest absolute Gasteiger partial charge is 0.303 e. The Labute approximate surface area is 169 Å². The maximum absolute atomic E-state index is 10.1. The van der Waals surface area contributed by atoms with E-state index in [1.807, 2.05) is 6.08 Å². The smallest absolute Gasteiger partial charge is 0.142 e. The molecule has 0 aromatic heterocycles. The van der Waals surface area contributed by atoms with Crippen molar-refractivity contribution in [3.63, 3.8) is 0 Å². The Morgan fingerprint density at radius 2 is 1.04 bits per heavy atom. The van der Waals surface area contributed by atoms with Crippen LogP contribution in [0.2, 0.25) is 0 Å². The minimum absolute atomic E-state index is 0.753. The van der Waals surface area contributed by atoms with Gasteiger partial charge in [-0.2, -0.15) is 0 Å². The number of rotatable bonds is 18. The van der Waals surface area contributed by atoms with Crippen LogP contribution in [0, 0.1) is 0 Å². The van der Waals surface area contributed by atoms with E-state index in [1.54, 1.807) is 6.08 Å². The van der Waals surface area contributed by atoms with Gasteiger partial charge >= 0.3 is 0 Å². The Morgan fingerprint density at radius 1 is 0.519 bits per heavy atom. The van der Waals surface area contributed by atoms with Gasteiger partial charge in [-0.1, -0.05) is 89.2 Å². The molecule has 0 fully saturated rings. The van der Waals surface area contributed by atoms with Crippen LogP contribution in [0.4, 0.5) is 0 Å². The fourth-order valence-corrected chi connectivity index (χ4v) is 2.56. The Bertz CT molecular complexity index is 367. The lowest BCUT2D eigenvalue weighted by atomic mass is 10.1. The first-order valence-corrected chi connectivity index (χ1v) is 11.2. The lowest BCUT2D eigenvalue weighted by molar-refractivity contribution is -0.108. The standard InChI is InChI=1S/C16H30O.C9H14O/c1-2-3-4-5-6-7-8-9-10-11-12-13-14-15-16-17;1-2-3-4-5-6-7-8-9-10/h5-6,16H,2-4,7-15H2,1H3;3-4,7-9H,2,5-6H2,1H3/b6-5-;4-3-,8-7+. The molecule has 0 saturated heterocycles. The van der Waals surface area contributed by atoms with E-state index in [4.69, 9.17) is 0 Å². The molecule has 2 nitrogen and oxygen atoms in total. The average molecular weight is 377 g/mol. The number of aldehydes is 2. The van der Waals surface area contributed by atoms with Crippen LogP contribution in [0.25, 0.3) is 0 Å². The highest BCUT2D eigenvalue weighted by molar-refractivity contribution is 5.64. The zero-order valence-corrected chi connectivity index (χ0v) is 18.0. The van der Waals surface area contributed by atoms with E-state index in [2.05, 4.69) is 38.2 Å². The SMILES string of the molecule is CC/C=C\CC/C=C/C=O.CCCC/C=C\CCCCCCCCCC=O. The molecule has 0 atom stereocenters. The van der Waals surface area contributed by atoms with Gasteiger partial charge in [-0.3, -0.25) is 4.79 Å². The first-order chi connectivity index (χ1) is 13.3. The van der Waals surface area contributed by atoms with E-state index in [-0.39, 0.29) is 0 Å². The Hall–Kier alpha value is -1.44. The van der Waals surface area contributed by atoms with Gasteiger partial charge in [-0.05, 0) is 51.0 Å². The number of allylic oxidation sites excluding steroid dienone is 6. The van der Waals surface area contributed by atoms with Crippen LogP contribution in [-0.2, 0) is 9.59 Å². The number of carbonyl (C=O) groups excluding carboxylic acids is 2. The minimum Gasteiger partial charge on any atom is -0.303 e. The minimum atomic E-state index is 0.753. The molecule has 0 heterocycles. The molecule has 2 heteroatoms. The van der Waals surface area contributed by atoms with Gasteiger partial charge in [0.1, 0.15) is 12.6 Å². The van der Waals surface area contributed by atoms with Crippen molar-refractivity contribution >= 4 is 12.6 Å². The molecule has 0 radical (unpaired) electrons. The van der Waals surface area contributed by atoms with E-state index in [0.29, 0.717) is 0 Å². The number of unbranched alkanes of at least 4 members (excludes halogenated alkanes) is 11. The molecule has 27 heavy (non-hydrogen) atoms. The number of hydrogen-bond acceptors (Lipinski definition) is 2. The van der Waals surface area contributed by atoms with E-state index in [0.717, 1.165) is 44.7 Å². The molecule has 0 amide bonds. The van der Waals surface area contributed by atoms with E-state index >= 15 is 0 Å². The summed E-state index contributed by atoms with van der Waals surface area (Å²) in [6, 6.07) is 0. The third-order valence-electron chi connectivity index (χ3n) is 4.20. The average Bonchev–Trinajstić information content (AvgIpc) is 2.69. The molecule has 0 aliphatic rings. The van der Waals surface area contributed by atoms with Crippen molar-refractivity contribution in [2.75, 3.05) is 0 Å². The Morgan fingerprint density at radius 3 is 1.59 bits per heavy atom. The fourth-order valence-electron chi connectivity index (χ4n) is 2.56. The van der Waals surface area contributed by atoms with Crippen molar-refractivity contribution < 1.29 is 9.59 Å². The Balaban J connectivity index is 0. The molecule has 0 aliphatic heterocycles. The highest BCUT2D eigenvalue weighted by Crippen LogP contribution is 2.09. The van der Waals surface area contributed by atoms with Crippen LogP contribution in [0.1, 0.15) is 110 Å². The summed E-state index contributed by atoms with van der Waals surface area (Å²) in [7, 11) is 0. The molecule has 0 saturated carbocycles. The van der Waals surface area contributed by atoms with Gasteiger partial charge in [0.25, 0.3) is 0 Å². The molecule has 0 aromatic carbocycles. The van der Waals surface area contributed by atoms with E-state index in [1.165, 1.54) is 64.2 Å². The van der Waals surface area contributed by atoms with Crippen LogP contribution in [0.15, 0.2) is 36.5 Å². The lowest BCUT2D eigenvalue weighted by Crippen LogP contribution is -1.81. The van der Waals surface area contributed by atoms with E-state index in [9.17, 15) is 9.59 Å². The molecule has 0 aromatic rings. The zero-order chi connectivity index (χ0) is 20.3. The Kier molecular flexibility index (Phi) is 30.2. The number of hydrogen-bond donors (Lipinski definition) is 0. The maximum atomic E-state index is 10.1. The second-order valence-electron chi connectivity index (χ2n) is 6.85. The highest BCUT2D eigenvalue weighted by Gasteiger charge is 1.91. The molecular weight excluding hydrogens is 332 g/mol. The summed E-state index contributed by atoms with van der Waals surface area (Å²) in [4.78, 5) is 19.9. The number of carbonyl (C=O) groups is 2. The maximum Gasteiger partial charge on any atom is 0.142 e. The van der Waals surface area contributed by atoms with Gasteiger partial charge in [0.15, 0.2) is 0 Å². The van der Waals surface area contributed by atoms with Crippen LogP contribution in [0.5, 0.6) is 0 Å². The van der Waals surface area contributed by atoms with Gasteiger partial charge in [0.05, 0.1) is 0 Å². The van der Waals surface area contributed by atoms with Crippen LogP contribution >= 0.6 is 0 Å². The van der Waals surface area contributed by atoms with Gasteiger partial charge in [0.2, 0.25) is 0 Å². The summed E-state index contributed by atoms with van der Waals surface area (Å²) in [5.74, 6) is 0. The van der Waals surface area contributed by atoms with Crippen LogP contribution in [-0.4, -0.2) is 12.6 Å². The summed E-state index contributed by atoms with van der Waals surface area (Å²) in [6.45, 7) is 4.35. The molecule has 0 N–H and O–H groups in total. The summed E-state index contributed by atoms with van der Waals surface area (Å²) in [5, 5.41) is 0. The molecule has 0 bridgehead atoms. The quantitative estimate of drug-likeness (QED) is 0.105. The summed E-state index contributed by atoms with van der Waals surface area (Å²) in [6.07, 6.45) is 32.3. The molecule has 0 spiro atoms. The van der Waals surface area contributed by atoms with Gasteiger partial charge in [-0.15, -0.1) is 0 Å². The zero-order valence-electron chi connectivity index (χ0n) is 18.0. The van der Waals surface area contributed by atoms with Crippen molar-refractivity contribution in [2.45, 2.75) is 110 Å². The lowest BCUT2D eigenvalue weighted by Gasteiger charge is -1.99. The first-order valence-electron chi connectivity index (χ1n) is 11.2. The van der Waals surface area contributed by atoms with Crippen molar-refractivity contribution in [3.05, 3.63) is 36.5 Å². The van der Waals surface area contributed by atoms with Crippen molar-refractivity contribution in [2.24, 2.45) is 0 Å². The molecule has 156 valence electrons. The topological polar surface area (TPSA) is 34.1 Å². The predicted octanol–water partition coefficient (Wildman–Crippen LogP) is 7.93. The van der Waals surface area contributed by atoms with Gasteiger partial charge in [-0.25, -0.2) is 0 Å². The summed E-state index contributed by atoms with van der Waals surface area (Å²) in [5.41, 5.74) is 0. The molecular formula is C25H44O2. The van der Waals surface area contributed by atoms with Gasteiger partial charge in [0, 0.05) is 6.42 Å². The highest BCUT2D eigenvalue weighted by atomic mass is 16.1. The van der Waals surface area contributed by atoms with Crippen molar-refractivity contribution in [3.8, 4) is 0 Å².